The van der Waals surface area contributed by atoms with Crippen molar-refractivity contribution in [2.75, 3.05) is 6.61 Å². The second-order valence-corrected chi connectivity index (χ2v) is 9.72. The van der Waals surface area contributed by atoms with Gasteiger partial charge in [0.2, 0.25) is 0 Å². The van der Waals surface area contributed by atoms with E-state index in [1.165, 1.54) is 16.3 Å². The monoisotopic (exact) mass is 472 g/mol. The number of alkyl carbamates (subject to hydrolysis) is 1. The third kappa shape index (κ3) is 5.02. The van der Waals surface area contributed by atoms with Crippen LogP contribution in [0, 0.1) is 6.92 Å². The number of esters is 1. The molecule has 0 spiro atoms. The zero-order chi connectivity index (χ0) is 25.3. The quantitative estimate of drug-likeness (QED) is 0.336. The van der Waals surface area contributed by atoms with Crippen LogP contribution < -0.4 is 5.32 Å². The number of hydrogen-bond acceptors (Lipinski definition) is 4. The lowest BCUT2D eigenvalue weighted by molar-refractivity contribution is 0.0502. The third-order valence-electron chi connectivity index (χ3n) is 5.95. The van der Waals surface area contributed by atoms with Gasteiger partial charge in [0.15, 0.2) is 0 Å². The number of carbonyl (C=O) groups is 2. The minimum absolute atomic E-state index is 0.136. The van der Waals surface area contributed by atoms with Gasteiger partial charge in [-0.25, -0.2) is 9.59 Å². The van der Waals surface area contributed by atoms with Gasteiger partial charge in [-0.3, -0.25) is 0 Å². The highest BCUT2D eigenvalue weighted by atomic mass is 16.6. The summed E-state index contributed by atoms with van der Waals surface area (Å²) in [6, 6.07) is 18.8. The van der Waals surface area contributed by atoms with Gasteiger partial charge in [0.05, 0.1) is 24.4 Å². The van der Waals surface area contributed by atoms with Crippen LogP contribution >= 0.6 is 0 Å². The van der Waals surface area contributed by atoms with Crippen LogP contribution in [0.4, 0.5) is 4.79 Å². The first-order valence-corrected chi connectivity index (χ1v) is 11.8. The number of aromatic nitrogens is 1. The van der Waals surface area contributed by atoms with Crippen molar-refractivity contribution in [2.45, 2.75) is 46.8 Å². The Morgan fingerprint density at radius 1 is 1.00 bits per heavy atom. The third-order valence-corrected chi connectivity index (χ3v) is 5.95. The molecule has 1 N–H and O–H groups in total. The van der Waals surface area contributed by atoms with Crippen LogP contribution in [0.25, 0.3) is 32.8 Å². The largest absolute Gasteiger partial charge is 0.462 e. The van der Waals surface area contributed by atoms with Gasteiger partial charge in [-0.2, -0.15) is 0 Å². The zero-order valence-electron chi connectivity index (χ0n) is 21.2. The number of rotatable bonds is 5. The van der Waals surface area contributed by atoms with Crippen LogP contribution in [0.15, 0.2) is 54.6 Å². The topological polar surface area (TPSA) is 69.6 Å². The molecule has 35 heavy (non-hydrogen) atoms. The second-order valence-electron chi connectivity index (χ2n) is 9.72. The highest BCUT2D eigenvalue weighted by molar-refractivity contribution is 6.08. The fourth-order valence-corrected chi connectivity index (χ4v) is 4.40. The Hall–Kier alpha value is -3.80. The summed E-state index contributed by atoms with van der Waals surface area (Å²) in [6.45, 7) is 9.70. The van der Waals surface area contributed by atoms with Crippen LogP contribution in [0.5, 0.6) is 0 Å². The summed E-state index contributed by atoms with van der Waals surface area (Å²) in [5.74, 6) is -0.410. The molecule has 182 valence electrons. The maximum atomic E-state index is 13.0. The minimum Gasteiger partial charge on any atom is -0.462 e. The lowest BCUT2D eigenvalue weighted by Crippen LogP contribution is -2.33. The molecule has 0 atom stereocenters. The van der Waals surface area contributed by atoms with E-state index in [-0.39, 0.29) is 13.2 Å². The number of nitrogens with one attached hydrogen (secondary N) is 1. The van der Waals surface area contributed by atoms with Gasteiger partial charge in [-0.1, -0.05) is 54.1 Å². The zero-order valence-corrected chi connectivity index (χ0v) is 21.2. The number of aryl methyl sites for hydroxylation is 2. The van der Waals surface area contributed by atoms with Gasteiger partial charge in [-0.15, -0.1) is 0 Å². The summed E-state index contributed by atoms with van der Waals surface area (Å²) in [7, 11) is 1.90. The molecule has 6 heteroatoms. The number of carbonyl (C=O) groups excluding carboxylic acids is 2. The number of benzene rings is 3. The molecule has 1 aromatic heterocycles. The maximum absolute atomic E-state index is 13.0. The smallest absolute Gasteiger partial charge is 0.407 e. The van der Waals surface area contributed by atoms with Crippen molar-refractivity contribution in [3.63, 3.8) is 0 Å². The van der Waals surface area contributed by atoms with Crippen molar-refractivity contribution in [3.05, 3.63) is 71.4 Å². The molecule has 1 heterocycles. The van der Waals surface area contributed by atoms with E-state index >= 15 is 0 Å². The summed E-state index contributed by atoms with van der Waals surface area (Å²) >= 11 is 0. The van der Waals surface area contributed by atoms with Crippen molar-refractivity contribution in [1.82, 2.24) is 9.88 Å². The van der Waals surface area contributed by atoms with Crippen LogP contribution in [-0.2, 0) is 23.1 Å². The lowest BCUT2D eigenvalue weighted by atomic mass is 9.96. The standard InChI is InChI=1S/C29H32N2O4/c1-7-34-27(32)26-22-14-13-20(21-10-8-9-19-12-11-18(2)15-23(19)21)16-24(22)31(6)25(26)17-30-28(33)35-29(3,4)5/h8-16H,7,17H2,1-6H3,(H,30,33). The van der Waals surface area contributed by atoms with Crippen molar-refractivity contribution in [3.8, 4) is 11.1 Å². The average molecular weight is 473 g/mol. The minimum atomic E-state index is -0.612. The lowest BCUT2D eigenvalue weighted by Gasteiger charge is -2.20. The Morgan fingerprint density at radius 3 is 2.49 bits per heavy atom. The van der Waals surface area contributed by atoms with Gasteiger partial charge in [0.1, 0.15) is 5.60 Å². The van der Waals surface area contributed by atoms with Crippen molar-refractivity contribution < 1.29 is 19.1 Å². The number of ether oxygens (including phenoxy) is 2. The molecule has 6 nitrogen and oxygen atoms in total. The fourth-order valence-electron chi connectivity index (χ4n) is 4.40. The Bertz CT molecular complexity index is 1430. The van der Waals surface area contributed by atoms with E-state index in [4.69, 9.17) is 9.47 Å². The summed E-state index contributed by atoms with van der Waals surface area (Å²) in [6.07, 6.45) is -0.538. The van der Waals surface area contributed by atoms with E-state index in [2.05, 4.69) is 54.7 Å². The van der Waals surface area contributed by atoms with Crippen molar-refractivity contribution in [1.29, 1.82) is 0 Å². The van der Waals surface area contributed by atoms with Crippen molar-refractivity contribution >= 4 is 33.7 Å². The SMILES string of the molecule is CCOC(=O)c1c(CNC(=O)OC(C)(C)C)n(C)c2cc(-c3cccc4ccc(C)cc34)ccc12. The first-order chi connectivity index (χ1) is 16.6. The van der Waals surface area contributed by atoms with E-state index in [0.29, 0.717) is 11.3 Å². The molecule has 0 bridgehead atoms. The van der Waals surface area contributed by atoms with E-state index in [9.17, 15) is 9.59 Å². The summed E-state index contributed by atoms with van der Waals surface area (Å²) in [5.41, 5.74) is 4.77. The van der Waals surface area contributed by atoms with Gasteiger partial charge in [0.25, 0.3) is 0 Å². The predicted molar refractivity (Wildman–Crippen MR) is 140 cm³/mol. The predicted octanol–water partition coefficient (Wildman–Crippen LogP) is 6.51. The molecule has 0 saturated carbocycles. The molecule has 0 aliphatic rings. The summed E-state index contributed by atoms with van der Waals surface area (Å²) < 4.78 is 12.7. The molecule has 0 fully saturated rings. The van der Waals surface area contributed by atoms with Crippen LogP contribution in [0.3, 0.4) is 0 Å². The molecule has 4 rings (SSSR count). The molecule has 1 amide bonds. The highest BCUT2D eigenvalue weighted by Gasteiger charge is 2.24. The second kappa shape index (κ2) is 9.45. The summed E-state index contributed by atoms with van der Waals surface area (Å²) in [4.78, 5) is 25.3. The summed E-state index contributed by atoms with van der Waals surface area (Å²) in [5, 5.41) is 5.92. The Kier molecular flexibility index (Phi) is 6.57. The van der Waals surface area contributed by atoms with Gasteiger partial charge >= 0.3 is 12.1 Å². The van der Waals surface area contributed by atoms with Crippen LogP contribution in [0.2, 0.25) is 0 Å². The van der Waals surface area contributed by atoms with Crippen molar-refractivity contribution in [2.24, 2.45) is 7.05 Å². The van der Waals surface area contributed by atoms with Gasteiger partial charge in [0, 0.05) is 18.0 Å². The molecule has 0 saturated heterocycles. The molecule has 3 aromatic carbocycles. The maximum Gasteiger partial charge on any atom is 0.407 e. The highest BCUT2D eigenvalue weighted by Crippen LogP contribution is 2.34. The van der Waals surface area contributed by atoms with E-state index in [1.807, 2.05) is 44.5 Å². The molecule has 0 unspecified atom stereocenters. The van der Waals surface area contributed by atoms with Crippen LogP contribution in [0.1, 0.15) is 49.3 Å². The van der Waals surface area contributed by atoms with Gasteiger partial charge < -0.3 is 19.4 Å². The first kappa shape index (κ1) is 24.3. The Labute approximate surface area is 205 Å². The molecule has 0 radical (unpaired) electrons. The molecule has 4 aromatic rings. The average Bonchev–Trinajstić information content (AvgIpc) is 3.07. The van der Waals surface area contributed by atoms with E-state index < -0.39 is 17.7 Å². The number of fused-ring (bicyclic) bond motifs is 2. The molecule has 0 aliphatic carbocycles. The normalized spacial score (nSPS) is 11.6. The Balaban J connectivity index is 1.81. The van der Waals surface area contributed by atoms with E-state index in [0.717, 1.165) is 22.0 Å². The van der Waals surface area contributed by atoms with Gasteiger partial charge in [-0.05, 0) is 62.6 Å². The van der Waals surface area contributed by atoms with Crippen LogP contribution in [-0.4, -0.2) is 28.8 Å². The fraction of sp³-hybridized carbons (Fsp3) is 0.310. The first-order valence-electron chi connectivity index (χ1n) is 11.8. The number of hydrogen-bond donors (Lipinski definition) is 1. The molecular formula is C29H32N2O4. The molecular weight excluding hydrogens is 440 g/mol. The number of nitrogens with zero attached hydrogens (tertiary/aromatic N) is 1. The molecule has 0 aliphatic heterocycles. The number of amides is 1. The van der Waals surface area contributed by atoms with E-state index in [1.54, 1.807) is 6.92 Å². The Morgan fingerprint density at radius 2 is 1.77 bits per heavy atom.